The Labute approximate surface area is 202 Å². The molecular formula is C25H25ClN8. The van der Waals surface area contributed by atoms with Gasteiger partial charge in [-0.3, -0.25) is 9.67 Å². The van der Waals surface area contributed by atoms with Gasteiger partial charge in [-0.05, 0) is 43.5 Å². The second-order valence-electron chi connectivity index (χ2n) is 8.03. The summed E-state index contributed by atoms with van der Waals surface area (Å²) in [5, 5.41) is 5.07. The van der Waals surface area contributed by atoms with E-state index in [1.807, 2.05) is 36.1 Å². The van der Waals surface area contributed by atoms with Crippen LogP contribution in [0.2, 0.25) is 5.02 Å². The molecule has 1 aromatic carbocycles. The zero-order valence-electron chi connectivity index (χ0n) is 19.3. The number of aromatic amines is 1. The molecule has 4 aromatic heterocycles. The fraction of sp³-hybridized carbons (Fsp3) is 0.240. The number of aryl methyl sites for hydroxylation is 3. The molecule has 0 aliphatic heterocycles. The molecule has 0 bridgehead atoms. The van der Waals surface area contributed by atoms with Gasteiger partial charge in [-0.15, -0.1) is 0 Å². The highest BCUT2D eigenvalue weighted by molar-refractivity contribution is 6.34. The van der Waals surface area contributed by atoms with Crippen molar-refractivity contribution in [1.29, 1.82) is 0 Å². The first-order valence-corrected chi connectivity index (χ1v) is 11.7. The molecule has 0 saturated heterocycles. The lowest BCUT2D eigenvalue weighted by Gasteiger charge is -2.27. The predicted molar refractivity (Wildman–Crippen MR) is 134 cm³/mol. The number of pyridine rings is 1. The lowest BCUT2D eigenvalue weighted by molar-refractivity contribution is 0.660. The van der Waals surface area contributed by atoms with E-state index in [0.29, 0.717) is 12.2 Å². The van der Waals surface area contributed by atoms with Crippen LogP contribution in [0.4, 0.5) is 11.5 Å². The van der Waals surface area contributed by atoms with Crippen molar-refractivity contribution in [1.82, 2.24) is 34.7 Å². The Bertz CT molecular complexity index is 1440. The topological polar surface area (TPSA) is 88.4 Å². The highest BCUT2D eigenvalue weighted by Gasteiger charge is 2.21. The van der Waals surface area contributed by atoms with E-state index in [-0.39, 0.29) is 0 Å². The molecule has 1 N–H and O–H groups in total. The third-order valence-corrected chi connectivity index (χ3v) is 6.25. The summed E-state index contributed by atoms with van der Waals surface area (Å²) in [6.45, 7) is 7.48. The van der Waals surface area contributed by atoms with Crippen molar-refractivity contribution in [2.45, 2.75) is 40.3 Å². The number of rotatable bonds is 7. The summed E-state index contributed by atoms with van der Waals surface area (Å²) in [5.41, 5.74) is 5.98. The number of halogens is 1. The third kappa shape index (κ3) is 4.12. The molecule has 0 saturated carbocycles. The van der Waals surface area contributed by atoms with Crippen LogP contribution in [0.3, 0.4) is 0 Å². The summed E-state index contributed by atoms with van der Waals surface area (Å²) in [6, 6.07) is 8.06. The molecule has 4 heterocycles. The molecule has 34 heavy (non-hydrogen) atoms. The molecule has 0 aliphatic rings. The first kappa shape index (κ1) is 22.0. The molecular weight excluding hydrogens is 448 g/mol. The Morgan fingerprint density at radius 2 is 1.94 bits per heavy atom. The summed E-state index contributed by atoms with van der Waals surface area (Å²) in [7, 11) is 0. The number of H-pyrrole nitrogens is 1. The summed E-state index contributed by atoms with van der Waals surface area (Å²) >= 11 is 6.90. The number of hydrogen-bond donors (Lipinski definition) is 1. The quantitative estimate of drug-likeness (QED) is 0.336. The highest BCUT2D eigenvalue weighted by atomic mass is 35.5. The molecule has 0 spiro atoms. The van der Waals surface area contributed by atoms with Crippen LogP contribution in [0.15, 0.2) is 55.2 Å². The second-order valence-corrected chi connectivity index (χ2v) is 8.41. The smallest absolute Gasteiger partial charge is 0.180 e. The summed E-state index contributed by atoms with van der Waals surface area (Å²) < 4.78 is 1.86. The zero-order valence-corrected chi connectivity index (χ0v) is 20.1. The average molecular weight is 473 g/mol. The van der Waals surface area contributed by atoms with Gasteiger partial charge in [-0.1, -0.05) is 30.7 Å². The molecule has 0 radical (unpaired) electrons. The van der Waals surface area contributed by atoms with E-state index in [4.69, 9.17) is 21.6 Å². The van der Waals surface area contributed by atoms with E-state index < -0.39 is 0 Å². The normalized spacial score (nSPS) is 11.3. The number of nitrogens with zero attached hydrogens (tertiary/aromatic N) is 7. The Morgan fingerprint density at radius 1 is 1.06 bits per heavy atom. The van der Waals surface area contributed by atoms with Crippen molar-refractivity contribution in [3.8, 4) is 11.3 Å². The number of fused-ring (bicyclic) bond motifs is 1. The molecule has 0 fully saturated rings. The second kappa shape index (κ2) is 9.23. The van der Waals surface area contributed by atoms with Crippen LogP contribution in [-0.2, 0) is 19.5 Å². The van der Waals surface area contributed by atoms with Gasteiger partial charge in [-0.2, -0.15) is 5.10 Å². The van der Waals surface area contributed by atoms with E-state index in [0.717, 1.165) is 63.2 Å². The number of anilines is 2. The standard InChI is InChI=1S/C25H25ClN8/c1-4-17-7-6-16(3)24(23(17)26)34(15-21-27-10-11-28-21)22-9-8-19-25(32-22)31-20(13-29-19)18-12-30-33(5-2)14-18/h6-14H,4-5,15H2,1-3H3,(H,27,28). The van der Waals surface area contributed by atoms with Crippen LogP contribution in [0.5, 0.6) is 0 Å². The monoisotopic (exact) mass is 472 g/mol. The van der Waals surface area contributed by atoms with Crippen molar-refractivity contribution < 1.29 is 0 Å². The third-order valence-electron chi connectivity index (χ3n) is 5.83. The molecule has 0 unspecified atom stereocenters. The van der Waals surface area contributed by atoms with Gasteiger partial charge >= 0.3 is 0 Å². The summed E-state index contributed by atoms with van der Waals surface area (Å²) in [6.07, 6.45) is 9.91. The van der Waals surface area contributed by atoms with E-state index in [9.17, 15) is 0 Å². The van der Waals surface area contributed by atoms with Gasteiger partial charge in [0.05, 0.1) is 35.3 Å². The van der Waals surface area contributed by atoms with Crippen LogP contribution in [-0.4, -0.2) is 34.7 Å². The first-order chi connectivity index (χ1) is 16.6. The Kier molecular flexibility index (Phi) is 5.98. The van der Waals surface area contributed by atoms with Gasteiger partial charge in [0.1, 0.15) is 17.2 Å². The van der Waals surface area contributed by atoms with Crippen LogP contribution in [0.25, 0.3) is 22.4 Å². The van der Waals surface area contributed by atoms with Crippen molar-refractivity contribution in [3.05, 3.63) is 77.2 Å². The van der Waals surface area contributed by atoms with Gasteiger partial charge in [0.25, 0.3) is 0 Å². The predicted octanol–water partition coefficient (Wildman–Crippen LogP) is 5.49. The fourth-order valence-corrected chi connectivity index (χ4v) is 4.41. The first-order valence-electron chi connectivity index (χ1n) is 11.3. The van der Waals surface area contributed by atoms with Crippen LogP contribution in [0.1, 0.15) is 30.8 Å². The minimum Gasteiger partial charge on any atom is -0.347 e. The molecule has 172 valence electrons. The number of imidazole rings is 1. The fourth-order valence-electron chi connectivity index (χ4n) is 3.96. The molecule has 9 heteroatoms. The summed E-state index contributed by atoms with van der Waals surface area (Å²) in [4.78, 5) is 24.0. The number of aromatic nitrogens is 7. The Morgan fingerprint density at radius 3 is 2.68 bits per heavy atom. The number of nitrogens with one attached hydrogen (secondary N) is 1. The molecule has 0 amide bonds. The van der Waals surface area contributed by atoms with Crippen molar-refractivity contribution in [2.75, 3.05) is 4.90 Å². The SMILES string of the molecule is CCc1ccc(C)c(N(Cc2ncc[nH]2)c2ccc3ncc(-c4cnn(CC)c4)nc3n2)c1Cl. The Hall–Kier alpha value is -3.78. The van der Waals surface area contributed by atoms with Gasteiger partial charge in [0.15, 0.2) is 5.65 Å². The molecule has 0 atom stereocenters. The van der Waals surface area contributed by atoms with Crippen molar-refractivity contribution in [3.63, 3.8) is 0 Å². The van der Waals surface area contributed by atoms with Gasteiger partial charge in [0, 0.05) is 30.7 Å². The van der Waals surface area contributed by atoms with Crippen molar-refractivity contribution in [2.24, 2.45) is 0 Å². The van der Waals surface area contributed by atoms with Gasteiger partial charge in [-0.25, -0.2) is 15.0 Å². The van der Waals surface area contributed by atoms with Gasteiger partial charge in [0.2, 0.25) is 0 Å². The largest absolute Gasteiger partial charge is 0.347 e. The van der Waals surface area contributed by atoms with Crippen LogP contribution in [0, 0.1) is 6.92 Å². The maximum absolute atomic E-state index is 6.90. The zero-order chi connectivity index (χ0) is 23.7. The molecule has 5 aromatic rings. The average Bonchev–Trinajstić information content (AvgIpc) is 3.55. The highest BCUT2D eigenvalue weighted by Crippen LogP contribution is 2.38. The number of benzene rings is 1. The van der Waals surface area contributed by atoms with E-state index in [1.165, 1.54) is 0 Å². The van der Waals surface area contributed by atoms with Gasteiger partial charge < -0.3 is 9.88 Å². The molecule has 0 aliphatic carbocycles. The van der Waals surface area contributed by atoms with Crippen LogP contribution >= 0.6 is 11.6 Å². The van der Waals surface area contributed by atoms with Crippen molar-refractivity contribution >= 4 is 34.3 Å². The minimum atomic E-state index is 0.482. The molecule has 5 rings (SSSR count). The lowest BCUT2D eigenvalue weighted by atomic mass is 10.1. The lowest BCUT2D eigenvalue weighted by Crippen LogP contribution is -2.20. The number of hydrogen-bond acceptors (Lipinski definition) is 6. The Balaban J connectivity index is 1.63. The van der Waals surface area contributed by atoms with E-state index in [1.54, 1.807) is 18.6 Å². The minimum absolute atomic E-state index is 0.482. The summed E-state index contributed by atoms with van der Waals surface area (Å²) in [5.74, 6) is 1.53. The maximum Gasteiger partial charge on any atom is 0.180 e. The molecule has 8 nitrogen and oxygen atoms in total. The van der Waals surface area contributed by atoms with E-state index >= 15 is 0 Å². The van der Waals surface area contributed by atoms with Crippen LogP contribution < -0.4 is 4.90 Å². The maximum atomic E-state index is 6.90. The van der Waals surface area contributed by atoms with E-state index in [2.05, 4.69) is 50.9 Å².